The standard InChI is InChI=1S/C20H23BrN2O3.C2H6/c1-11-4-5-26-18-14(6-11)8-15(9-17(18)21)19(24)22-10-16-12(2)7-13(3)23-20(16)25;1-2/h7-9,11H,4-6,10H2,1-3H3,(H,22,24)(H,23,25);1-2H3. The number of carbonyl (C=O) groups excluding carboxylic acids is 1. The quantitative estimate of drug-likeness (QED) is 0.716. The third kappa shape index (κ3) is 5.25. The molecule has 1 atom stereocenters. The van der Waals surface area contributed by atoms with Crippen molar-refractivity contribution >= 4 is 21.8 Å². The molecule has 3 rings (SSSR count). The van der Waals surface area contributed by atoms with Crippen molar-refractivity contribution in [1.82, 2.24) is 10.3 Å². The number of H-pyrrole nitrogens is 1. The van der Waals surface area contributed by atoms with Gasteiger partial charge in [0.25, 0.3) is 11.5 Å². The first kappa shape index (κ1) is 22.2. The summed E-state index contributed by atoms with van der Waals surface area (Å²) in [6, 6.07) is 5.57. The highest BCUT2D eigenvalue weighted by atomic mass is 79.9. The van der Waals surface area contributed by atoms with E-state index in [1.54, 1.807) is 6.07 Å². The van der Waals surface area contributed by atoms with Crippen LogP contribution in [0.5, 0.6) is 5.75 Å². The van der Waals surface area contributed by atoms with Crippen molar-refractivity contribution in [1.29, 1.82) is 0 Å². The van der Waals surface area contributed by atoms with Gasteiger partial charge in [0, 0.05) is 23.4 Å². The third-order valence-corrected chi connectivity index (χ3v) is 5.32. The average Bonchev–Trinajstić information content (AvgIpc) is 2.83. The van der Waals surface area contributed by atoms with Crippen molar-refractivity contribution in [2.24, 2.45) is 5.92 Å². The third-order valence-electron chi connectivity index (χ3n) is 4.73. The van der Waals surface area contributed by atoms with Crippen LogP contribution in [0.1, 0.15) is 59.9 Å². The van der Waals surface area contributed by atoms with Gasteiger partial charge in [-0.05, 0) is 77.9 Å². The van der Waals surface area contributed by atoms with E-state index in [1.807, 2.05) is 39.8 Å². The van der Waals surface area contributed by atoms with Crippen molar-refractivity contribution in [3.63, 3.8) is 0 Å². The molecule has 2 heterocycles. The number of rotatable bonds is 3. The molecular weight excluding hydrogens is 420 g/mol. The Hall–Kier alpha value is -2.08. The molecule has 1 aromatic carbocycles. The van der Waals surface area contributed by atoms with Crippen LogP contribution in [0.25, 0.3) is 0 Å². The fourth-order valence-corrected chi connectivity index (χ4v) is 3.92. The molecule has 0 aliphatic carbocycles. The zero-order valence-corrected chi connectivity index (χ0v) is 18.8. The first-order valence-electron chi connectivity index (χ1n) is 9.78. The Morgan fingerprint density at radius 2 is 2.00 bits per heavy atom. The van der Waals surface area contributed by atoms with E-state index in [9.17, 15) is 9.59 Å². The maximum atomic E-state index is 12.6. The number of hydrogen-bond acceptors (Lipinski definition) is 3. The molecule has 1 aliphatic heterocycles. The number of halogens is 1. The number of nitrogens with one attached hydrogen (secondary N) is 2. The molecule has 2 N–H and O–H groups in total. The van der Waals surface area contributed by atoms with E-state index in [0.29, 0.717) is 23.7 Å². The first-order valence-corrected chi connectivity index (χ1v) is 10.6. The number of pyridine rings is 1. The topological polar surface area (TPSA) is 71.2 Å². The highest BCUT2D eigenvalue weighted by Gasteiger charge is 2.20. The van der Waals surface area contributed by atoms with Crippen LogP contribution in [0, 0.1) is 19.8 Å². The Kier molecular flexibility index (Phi) is 7.87. The number of benzene rings is 1. The lowest BCUT2D eigenvalue weighted by Gasteiger charge is -2.13. The molecule has 2 aromatic rings. The van der Waals surface area contributed by atoms with Gasteiger partial charge < -0.3 is 15.0 Å². The molecule has 0 spiro atoms. The van der Waals surface area contributed by atoms with Gasteiger partial charge >= 0.3 is 0 Å². The Labute approximate surface area is 175 Å². The molecule has 1 amide bonds. The van der Waals surface area contributed by atoms with E-state index in [-0.39, 0.29) is 18.0 Å². The van der Waals surface area contributed by atoms with E-state index in [4.69, 9.17) is 4.74 Å². The minimum Gasteiger partial charge on any atom is -0.492 e. The average molecular weight is 449 g/mol. The summed E-state index contributed by atoms with van der Waals surface area (Å²) < 4.78 is 6.62. The lowest BCUT2D eigenvalue weighted by atomic mass is 9.97. The summed E-state index contributed by atoms with van der Waals surface area (Å²) in [4.78, 5) is 27.5. The van der Waals surface area contributed by atoms with Crippen LogP contribution in [0.2, 0.25) is 0 Å². The van der Waals surface area contributed by atoms with E-state index in [1.165, 1.54) is 0 Å². The van der Waals surface area contributed by atoms with Crippen LogP contribution in [-0.2, 0) is 13.0 Å². The van der Waals surface area contributed by atoms with Gasteiger partial charge in [0.05, 0.1) is 11.1 Å². The lowest BCUT2D eigenvalue weighted by molar-refractivity contribution is 0.0950. The van der Waals surface area contributed by atoms with Gasteiger partial charge in [0.1, 0.15) is 5.75 Å². The summed E-state index contributed by atoms with van der Waals surface area (Å²) in [5.74, 6) is 1.14. The molecular formula is C22H29BrN2O3. The Bertz CT molecular complexity index is 905. The summed E-state index contributed by atoms with van der Waals surface area (Å²) >= 11 is 3.52. The smallest absolute Gasteiger partial charge is 0.253 e. The maximum absolute atomic E-state index is 12.6. The molecule has 0 saturated heterocycles. The minimum atomic E-state index is -0.204. The number of amides is 1. The number of carbonyl (C=O) groups is 1. The molecule has 1 aromatic heterocycles. The van der Waals surface area contributed by atoms with Crippen LogP contribution >= 0.6 is 15.9 Å². The molecule has 0 radical (unpaired) electrons. The summed E-state index contributed by atoms with van der Waals surface area (Å²) in [5.41, 5.74) is 3.71. The predicted octanol–water partition coefficient (Wildman–Crippen LogP) is 4.67. The van der Waals surface area contributed by atoms with Crippen molar-refractivity contribution in [3.05, 3.63) is 61.0 Å². The molecule has 0 saturated carbocycles. The SMILES string of the molecule is CC.Cc1cc(C)c(CNC(=O)c2cc(Br)c3c(c2)CC(C)CCO3)c(=O)[nH]1. The number of aromatic amines is 1. The predicted molar refractivity (Wildman–Crippen MR) is 116 cm³/mol. The van der Waals surface area contributed by atoms with Crippen LogP contribution in [0.3, 0.4) is 0 Å². The molecule has 1 unspecified atom stereocenters. The second-order valence-corrected chi connectivity index (χ2v) is 7.87. The first-order chi connectivity index (χ1) is 13.3. The zero-order valence-electron chi connectivity index (χ0n) is 17.2. The Balaban J connectivity index is 0.00000136. The van der Waals surface area contributed by atoms with Crippen molar-refractivity contribution in [2.75, 3.05) is 6.61 Å². The van der Waals surface area contributed by atoms with Gasteiger partial charge in [0.15, 0.2) is 0 Å². The highest BCUT2D eigenvalue weighted by molar-refractivity contribution is 9.10. The van der Waals surface area contributed by atoms with Gasteiger partial charge in [-0.1, -0.05) is 20.8 Å². The van der Waals surface area contributed by atoms with Gasteiger partial charge in [-0.2, -0.15) is 0 Å². The molecule has 5 nitrogen and oxygen atoms in total. The van der Waals surface area contributed by atoms with Crippen molar-refractivity contribution in [2.45, 2.75) is 54.0 Å². The van der Waals surface area contributed by atoms with Gasteiger partial charge in [-0.3, -0.25) is 9.59 Å². The summed E-state index contributed by atoms with van der Waals surface area (Å²) in [7, 11) is 0. The van der Waals surface area contributed by atoms with Gasteiger partial charge in [-0.15, -0.1) is 0 Å². The molecule has 28 heavy (non-hydrogen) atoms. The molecule has 152 valence electrons. The van der Waals surface area contributed by atoms with Crippen LogP contribution in [-0.4, -0.2) is 17.5 Å². The number of fused-ring (bicyclic) bond motifs is 1. The van der Waals surface area contributed by atoms with E-state index >= 15 is 0 Å². The molecule has 0 bridgehead atoms. The summed E-state index contributed by atoms with van der Waals surface area (Å²) in [5, 5.41) is 2.86. The van der Waals surface area contributed by atoms with Crippen molar-refractivity contribution < 1.29 is 9.53 Å². The Morgan fingerprint density at radius 1 is 1.29 bits per heavy atom. The number of aryl methyl sites for hydroxylation is 2. The molecule has 6 heteroatoms. The fraction of sp³-hybridized carbons (Fsp3) is 0.455. The Morgan fingerprint density at radius 3 is 2.68 bits per heavy atom. The van der Waals surface area contributed by atoms with E-state index in [0.717, 1.165) is 39.9 Å². The minimum absolute atomic E-state index is 0.159. The second kappa shape index (κ2) is 9.92. The normalized spacial score (nSPS) is 15.4. The zero-order chi connectivity index (χ0) is 20.8. The fourth-order valence-electron chi connectivity index (χ4n) is 3.31. The maximum Gasteiger partial charge on any atom is 0.253 e. The molecule has 1 aliphatic rings. The second-order valence-electron chi connectivity index (χ2n) is 7.02. The number of aromatic nitrogens is 1. The summed E-state index contributed by atoms with van der Waals surface area (Å²) in [6.45, 7) is 10.8. The number of hydrogen-bond donors (Lipinski definition) is 2. The van der Waals surface area contributed by atoms with E-state index in [2.05, 4.69) is 33.2 Å². The van der Waals surface area contributed by atoms with Crippen LogP contribution in [0.15, 0.2) is 27.5 Å². The van der Waals surface area contributed by atoms with Gasteiger partial charge in [-0.25, -0.2) is 0 Å². The summed E-state index contributed by atoms with van der Waals surface area (Å²) in [6.07, 6.45) is 1.88. The molecule has 0 fully saturated rings. The highest BCUT2D eigenvalue weighted by Crippen LogP contribution is 2.35. The van der Waals surface area contributed by atoms with Gasteiger partial charge in [0.2, 0.25) is 0 Å². The number of ether oxygens (including phenoxy) is 1. The monoisotopic (exact) mass is 448 g/mol. The van der Waals surface area contributed by atoms with Crippen LogP contribution in [0.4, 0.5) is 0 Å². The van der Waals surface area contributed by atoms with Crippen molar-refractivity contribution in [3.8, 4) is 5.75 Å². The lowest BCUT2D eigenvalue weighted by Crippen LogP contribution is -2.28. The van der Waals surface area contributed by atoms with E-state index < -0.39 is 0 Å². The van der Waals surface area contributed by atoms with Crippen LogP contribution < -0.4 is 15.6 Å². The largest absolute Gasteiger partial charge is 0.492 e.